The first kappa shape index (κ1) is 21.6. The standard InChI is InChI=1S/C24H24N4O3/c25-24(31)18-8-4-10-20(14-18)28-23(30)16-26-19-9-5-11-21(15-19)27-22(29)13-12-17-6-2-1-3-7-17/h1-11,14-15,26H,12-13,16H2,(H2,25,31)(H,27,29)(H,28,30). The van der Waals surface area contributed by atoms with Crippen LogP contribution in [-0.2, 0) is 16.0 Å². The summed E-state index contributed by atoms with van der Waals surface area (Å²) in [4.78, 5) is 35.6. The molecule has 3 rings (SSSR count). The molecule has 0 aromatic heterocycles. The molecule has 0 spiro atoms. The molecule has 0 radical (unpaired) electrons. The summed E-state index contributed by atoms with van der Waals surface area (Å²) in [5.41, 5.74) is 8.52. The van der Waals surface area contributed by atoms with E-state index in [1.165, 1.54) is 6.07 Å². The number of nitrogens with two attached hydrogens (primary N) is 1. The number of nitrogens with one attached hydrogen (secondary N) is 3. The van der Waals surface area contributed by atoms with Gasteiger partial charge in [-0.3, -0.25) is 14.4 Å². The van der Waals surface area contributed by atoms with E-state index in [-0.39, 0.29) is 18.4 Å². The van der Waals surface area contributed by atoms with Crippen LogP contribution in [0, 0.1) is 0 Å². The van der Waals surface area contributed by atoms with E-state index in [0.29, 0.717) is 35.5 Å². The SMILES string of the molecule is NC(=O)c1cccc(NC(=O)CNc2cccc(NC(=O)CCc3ccccc3)c2)c1. The largest absolute Gasteiger partial charge is 0.376 e. The zero-order valence-corrected chi connectivity index (χ0v) is 16.9. The molecular weight excluding hydrogens is 392 g/mol. The summed E-state index contributed by atoms with van der Waals surface area (Å²) in [6.07, 6.45) is 1.05. The Hall–Kier alpha value is -4.13. The van der Waals surface area contributed by atoms with Gasteiger partial charge in [0.1, 0.15) is 0 Å². The van der Waals surface area contributed by atoms with E-state index in [9.17, 15) is 14.4 Å². The number of benzene rings is 3. The minimum Gasteiger partial charge on any atom is -0.376 e. The molecule has 5 N–H and O–H groups in total. The van der Waals surface area contributed by atoms with Crippen molar-refractivity contribution in [3.63, 3.8) is 0 Å². The maximum Gasteiger partial charge on any atom is 0.248 e. The Balaban J connectivity index is 1.48. The molecule has 0 fully saturated rings. The highest BCUT2D eigenvalue weighted by Gasteiger charge is 2.07. The van der Waals surface area contributed by atoms with Gasteiger partial charge >= 0.3 is 0 Å². The van der Waals surface area contributed by atoms with Crippen molar-refractivity contribution in [3.8, 4) is 0 Å². The summed E-state index contributed by atoms with van der Waals surface area (Å²) in [6, 6.07) is 23.4. The second-order valence-corrected chi connectivity index (χ2v) is 6.96. The normalized spacial score (nSPS) is 10.2. The second kappa shape index (κ2) is 10.6. The Morgan fingerprint density at radius 1 is 0.710 bits per heavy atom. The Morgan fingerprint density at radius 2 is 1.35 bits per heavy atom. The van der Waals surface area contributed by atoms with Crippen molar-refractivity contribution in [2.45, 2.75) is 12.8 Å². The number of primary amides is 1. The van der Waals surface area contributed by atoms with E-state index in [1.54, 1.807) is 42.5 Å². The predicted molar refractivity (Wildman–Crippen MR) is 122 cm³/mol. The van der Waals surface area contributed by atoms with Crippen molar-refractivity contribution < 1.29 is 14.4 Å². The van der Waals surface area contributed by atoms with Crippen molar-refractivity contribution in [1.82, 2.24) is 0 Å². The van der Waals surface area contributed by atoms with E-state index in [0.717, 1.165) is 5.56 Å². The molecule has 158 valence electrons. The Morgan fingerprint density at radius 3 is 2.10 bits per heavy atom. The Labute approximate surface area is 180 Å². The lowest BCUT2D eigenvalue weighted by Crippen LogP contribution is -2.22. The fourth-order valence-electron chi connectivity index (χ4n) is 2.97. The molecule has 0 aliphatic heterocycles. The van der Waals surface area contributed by atoms with Gasteiger partial charge in [0.2, 0.25) is 17.7 Å². The van der Waals surface area contributed by atoms with Crippen LogP contribution in [0.25, 0.3) is 0 Å². The number of carbonyl (C=O) groups is 3. The maximum absolute atomic E-state index is 12.2. The molecule has 0 heterocycles. The quantitative estimate of drug-likeness (QED) is 0.428. The summed E-state index contributed by atoms with van der Waals surface area (Å²) in [7, 11) is 0. The molecule has 3 aromatic rings. The lowest BCUT2D eigenvalue weighted by molar-refractivity contribution is -0.116. The van der Waals surface area contributed by atoms with Gasteiger partial charge in [-0.05, 0) is 48.4 Å². The number of carbonyl (C=O) groups excluding carboxylic acids is 3. The third kappa shape index (κ3) is 7.01. The second-order valence-electron chi connectivity index (χ2n) is 6.96. The van der Waals surface area contributed by atoms with Crippen LogP contribution in [-0.4, -0.2) is 24.3 Å². The maximum atomic E-state index is 12.2. The molecule has 3 amide bonds. The van der Waals surface area contributed by atoms with E-state index >= 15 is 0 Å². The fraction of sp³-hybridized carbons (Fsp3) is 0.125. The monoisotopic (exact) mass is 416 g/mol. The van der Waals surface area contributed by atoms with Crippen molar-refractivity contribution in [2.75, 3.05) is 22.5 Å². The van der Waals surface area contributed by atoms with Crippen LogP contribution in [0.5, 0.6) is 0 Å². The van der Waals surface area contributed by atoms with Crippen molar-refractivity contribution in [2.24, 2.45) is 5.73 Å². The first-order valence-corrected chi connectivity index (χ1v) is 9.87. The summed E-state index contributed by atoms with van der Waals surface area (Å²) in [6.45, 7) is 0.0200. The molecular formula is C24H24N4O3. The van der Waals surface area contributed by atoms with Gasteiger partial charge in [0.05, 0.1) is 6.54 Å². The van der Waals surface area contributed by atoms with E-state index < -0.39 is 5.91 Å². The number of hydrogen-bond acceptors (Lipinski definition) is 4. The van der Waals surface area contributed by atoms with Gasteiger partial charge in [0.25, 0.3) is 0 Å². The number of aryl methyl sites for hydroxylation is 1. The van der Waals surface area contributed by atoms with Gasteiger partial charge in [-0.2, -0.15) is 0 Å². The van der Waals surface area contributed by atoms with Crippen LogP contribution in [0.4, 0.5) is 17.1 Å². The molecule has 3 aromatic carbocycles. The molecule has 0 unspecified atom stereocenters. The van der Waals surface area contributed by atoms with Crippen molar-refractivity contribution in [3.05, 3.63) is 90.0 Å². The van der Waals surface area contributed by atoms with Crippen LogP contribution < -0.4 is 21.7 Å². The highest BCUT2D eigenvalue weighted by molar-refractivity contribution is 5.97. The van der Waals surface area contributed by atoms with Crippen LogP contribution in [0.3, 0.4) is 0 Å². The smallest absolute Gasteiger partial charge is 0.248 e. The lowest BCUT2D eigenvalue weighted by Gasteiger charge is -2.10. The van der Waals surface area contributed by atoms with Crippen molar-refractivity contribution in [1.29, 1.82) is 0 Å². The minimum absolute atomic E-state index is 0.0200. The van der Waals surface area contributed by atoms with Crippen LogP contribution >= 0.6 is 0 Å². The third-order valence-electron chi connectivity index (χ3n) is 4.51. The number of anilines is 3. The first-order chi connectivity index (χ1) is 15.0. The Bertz CT molecular complexity index is 1070. The zero-order valence-electron chi connectivity index (χ0n) is 16.9. The number of hydrogen-bond donors (Lipinski definition) is 4. The first-order valence-electron chi connectivity index (χ1n) is 9.87. The topological polar surface area (TPSA) is 113 Å². The number of rotatable bonds is 9. The molecule has 7 nitrogen and oxygen atoms in total. The molecule has 0 atom stereocenters. The summed E-state index contributed by atoms with van der Waals surface area (Å²) < 4.78 is 0. The average Bonchev–Trinajstić information content (AvgIpc) is 2.77. The van der Waals surface area contributed by atoms with Gasteiger partial charge in [-0.1, -0.05) is 42.5 Å². The molecule has 0 bridgehead atoms. The number of amides is 3. The molecule has 31 heavy (non-hydrogen) atoms. The van der Waals surface area contributed by atoms with E-state index in [1.807, 2.05) is 30.3 Å². The average molecular weight is 416 g/mol. The summed E-state index contributed by atoms with van der Waals surface area (Å²) in [5.74, 6) is -0.913. The van der Waals surface area contributed by atoms with E-state index in [4.69, 9.17) is 5.73 Å². The summed E-state index contributed by atoms with van der Waals surface area (Å²) in [5, 5.41) is 8.60. The molecule has 7 heteroatoms. The van der Waals surface area contributed by atoms with Crippen LogP contribution in [0.1, 0.15) is 22.3 Å². The van der Waals surface area contributed by atoms with Crippen LogP contribution in [0.2, 0.25) is 0 Å². The molecule has 0 saturated carbocycles. The van der Waals surface area contributed by atoms with Gasteiger partial charge in [0.15, 0.2) is 0 Å². The highest BCUT2D eigenvalue weighted by Crippen LogP contribution is 2.16. The van der Waals surface area contributed by atoms with Crippen LogP contribution in [0.15, 0.2) is 78.9 Å². The molecule has 0 aliphatic rings. The van der Waals surface area contributed by atoms with Gasteiger partial charge < -0.3 is 21.7 Å². The minimum atomic E-state index is -0.558. The fourth-order valence-corrected chi connectivity index (χ4v) is 2.97. The van der Waals surface area contributed by atoms with Gasteiger partial charge in [-0.25, -0.2) is 0 Å². The Kier molecular flexibility index (Phi) is 7.37. The zero-order chi connectivity index (χ0) is 22.1. The van der Waals surface area contributed by atoms with E-state index in [2.05, 4.69) is 16.0 Å². The van der Waals surface area contributed by atoms with Gasteiger partial charge in [0, 0.05) is 29.0 Å². The highest BCUT2D eigenvalue weighted by atomic mass is 16.2. The molecule has 0 aliphatic carbocycles. The third-order valence-corrected chi connectivity index (χ3v) is 4.51. The van der Waals surface area contributed by atoms with Crippen molar-refractivity contribution >= 4 is 34.8 Å². The van der Waals surface area contributed by atoms with Gasteiger partial charge in [-0.15, -0.1) is 0 Å². The lowest BCUT2D eigenvalue weighted by atomic mass is 10.1. The predicted octanol–water partition coefficient (Wildman–Crippen LogP) is 3.41. The summed E-state index contributed by atoms with van der Waals surface area (Å²) >= 11 is 0. The molecule has 0 saturated heterocycles.